The number of nitrogens with zero attached hydrogens (tertiary/aromatic N) is 2. The number of nitrogens with one attached hydrogen (secondary N) is 1. The predicted octanol–water partition coefficient (Wildman–Crippen LogP) is 0.495. The molecule has 2 rings (SSSR count). The summed E-state index contributed by atoms with van der Waals surface area (Å²) in [6.45, 7) is 6.14. The van der Waals surface area contributed by atoms with E-state index in [9.17, 15) is 24.9 Å². The number of benzene rings is 1. The molecule has 1 aliphatic heterocycles. The fourth-order valence-electron chi connectivity index (χ4n) is 3.90. The number of hydrogen-bond donors (Lipinski definition) is 4. The van der Waals surface area contributed by atoms with Gasteiger partial charge >= 0.3 is 0 Å². The number of carbonyl (C=O) groups is 2. The molecule has 3 atom stereocenters. The van der Waals surface area contributed by atoms with Crippen LogP contribution in [0.15, 0.2) is 24.3 Å². The molecule has 0 aliphatic carbocycles. The summed E-state index contributed by atoms with van der Waals surface area (Å²) < 4.78 is 11.1. The van der Waals surface area contributed by atoms with Crippen LogP contribution in [0.5, 0.6) is 5.75 Å². The monoisotopic (exact) mass is 509 g/mol. The largest absolute Gasteiger partial charge is 0.492 e. The zero-order chi connectivity index (χ0) is 26.5. The number of carbonyl (C=O) groups excluding carboxylic acids is 2. The van der Waals surface area contributed by atoms with Crippen molar-refractivity contribution in [1.29, 1.82) is 0 Å². The molecule has 10 heteroatoms. The summed E-state index contributed by atoms with van der Waals surface area (Å²) in [5, 5.41) is 34.0. The van der Waals surface area contributed by atoms with Crippen molar-refractivity contribution in [1.82, 2.24) is 15.1 Å². The third kappa shape index (κ3) is 10.0. The maximum Gasteiger partial charge on any atom is 0.253 e. The molecule has 0 radical (unpaired) electrons. The fraction of sp³-hybridized carbons (Fsp3) is 0.692. The molecule has 1 heterocycles. The van der Waals surface area contributed by atoms with E-state index in [2.05, 4.69) is 5.32 Å². The van der Waals surface area contributed by atoms with Crippen LogP contribution in [0.4, 0.5) is 0 Å². The Morgan fingerprint density at radius 1 is 1.06 bits per heavy atom. The van der Waals surface area contributed by atoms with E-state index in [1.165, 1.54) is 4.90 Å². The summed E-state index contributed by atoms with van der Waals surface area (Å²) in [5.41, 5.74) is 0.520. The zero-order valence-corrected chi connectivity index (χ0v) is 21.8. The first kappa shape index (κ1) is 30.0. The first-order valence-corrected chi connectivity index (χ1v) is 12.8. The van der Waals surface area contributed by atoms with E-state index in [1.807, 2.05) is 20.9 Å². The maximum atomic E-state index is 13.3. The van der Waals surface area contributed by atoms with Gasteiger partial charge in [-0.2, -0.15) is 0 Å². The van der Waals surface area contributed by atoms with E-state index < -0.39 is 18.3 Å². The number of amides is 2. The molecular weight excluding hydrogens is 466 g/mol. The lowest BCUT2D eigenvalue weighted by molar-refractivity contribution is -0.137. The normalized spacial score (nSPS) is 22.8. The number of rotatable bonds is 7. The Kier molecular flexibility index (Phi) is 13.1. The van der Waals surface area contributed by atoms with Gasteiger partial charge in [0, 0.05) is 51.3 Å². The Morgan fingerprint density at radius 3 is 2.42 bits per heavy atom. The molecule has 0 aromatic heterocycles. The van der Waals surface area contributed by atoms with Gasteiger partial charge < -0.3 is 39.9 Å². The minimum atomic E-state index is -1.45. The van der Waals surface area contributed by atoms with Crippen LogP contribution in [-0.4, -0.2) is 115 Å². The Balaban J connectivity index is 2.16. The molecule has 10 nitrogen and oxygen atoms in total. The van der Waals surface area contributed by atoms with E-state index in [1.54, 1.807) is 29.2 Å². The Bertz CT molecular complexity index is 790. The van der Waals surface area contributed by atoms with Gasteiger partial charge in [-0.25, -0.2) is 0 Å². The van der Waals surface area contributed by atoms with Crippen LogP contribution in [0.2, 0.25) is 0 Å². The van der Waals surface area contributed by atoms with Crippen molar-refractivity contribution in [2.75, 3.05) is 59.6 Å². The first-order valence-electron chi connectivity index (χ1n) is 12.8. The molecule has 4 N–H and O–H groups in total. The van der Waals surface area contributed by atoms with Crippen molar-refractivity contribution in [2.45, 2.75) is 51.4 Å². The van der Waals surface area contributed by atoms with E-state index in [0.717, 1.165) is 6.54 Å². The Hall–Kier alpha value is -2.24. The van der Waals surface area contributed by atoms with E-state index in [-0.39, 0.29) is 50.4 Å². The Morgan fingerprint density at radius 2 is 1.75 bits per heavy atom. The molecule has 1 aromatic rings. The highest BCUT2D eigenvalue weighted by Crippen LogP contribution is 2.15. The summed E-state index contributed by atoms with van der Waals surface area (Å²) in [5.74, 6) is 0.458. The molecule has 0 bridgehead atoms. The van der Waals surface area contributed by atoms with Gasteiger partial charge in [0.25, 0.3) is 5.91 Å². The summed E-state index contributed by atoms with van der Waals surface area (Å²) in [6.07, 6.45) is -2.44. The van der Waals surface area contributed by atoms with Gasteiger partial charge in [-0.15, -0.1) is 0 Å². The van der Waals surface area contributed by atoms with Gasteiger partial charge in [-0.1, -0.05) is 13.8 Å². The van der Waals surface area contributed by atoms with Crippen LogP contribution >= 0.6 is 0 Å². The van der Waals surface area contributed by atoms with E-state index in [0.29, 0.717) is 43.9 Å². The number of aliphatic hydroxyl groups is 3. The minimum Gasteiger partial charge on any atom is -0.492 e. The third-order valence-corrected chi connectivity index (χ3v) is 6.04. The van der Waals surface area contributed by atoms with Crippen LogP contribution in [0, 0.1) is 5.92 Å². The quantitative estimate of drug-likeness (QED) is 0.391. The third-order valence-electron chi connectivity index (χ3n) is 6.04. The summed E-state index contributed by atoms with van der Waals surface area (Å²) in [6, 6.07) is 6.99. The van der Waals surface area contributed by atoms with Crippen LogP contribution in [0.1, 0.15) is 43.5 Å². The average Bonchev–Trinajstić information content (AvgIpc) is 2.85. The topological polar surface area (TPSA) is 132 Å². The lowest BCUT2D eigenvalue weighted by Crippen LogP contribution is -2.50. The van der Waals surface area contributed by atoms with Crippen molar-refractivity contribution in [3.8, 4) is 5.75 Å². The number of aliphatic hydroxyl groups excluding tert-OH is 3. The fourth-order valence-corrected chi connectivity index (χ4v) is 3.90. The Labute approximate surface area is 214 Å². The van der Waals surface area contributed by atoms with Gasteiger partial charge in [0.2, 0.25) is 5.91 Å². The molecule has 0 unspecified atom stereocenters. The van der Waals surface area contributed by atoms with Gasteiger partial charge in [-0.05, 0) is 50.1 Å². The first-order chi connectivity index (χ1) is 17.2. The predicted molar refractivity (Wildman–Crippen MR) is 136 cm³/mol. The standard InChI is InChI=1S/C26H43N3O7/c1-19(2)16-24(32)29-13-12-28(11-4-5-14-35-18-23(31)25(33)22(30)17-29)26(34)20-6-8-21(9-7-20)36-15-10-27-3/h6-9,19,22-23,25,27,30-31,33H,4-5,10-18H2,1-3H3/t22-,23+,25+/m0/s1. The van der Waals surface area contributed by atoms with Crippen molar-refractivity contribution < 1.29 is 34.4 Å². The molecule has 1 aromatic carbocycles. The van der Waals surface area contributed by atoms with Gasteiger partial charge in [0.1, 0.15) is 30.7 Å². The molecule has 36 heavy (non-hydrogen) atoms. The smallest absolute Gasteiger partial charge is 0.253 e. The molecule has 204 valence electrons. The van der Waals surface area contributed by atoms with Crippen molar-refractivity contribution in [3.63, 3.8) is 0 Å². The lowest BCUT2D eigenvalue weighted by atomic mass is 10.1. The van der Waals surface area contributed by atoms with Gasteiger partial charge in [0.05, 0.1) is 6.61 Å². The molecule has 2 amide bonds. The molecule has 1 saturated heterocycles. The van der Waals surface area contributed by atoms with Gasteiger partial charge in [-0.3, -0.25) is 9.59 Å². The van der Waals surface area contributed by atoms with E-state index >= 15 is 0 Å². The van der Waals surface area contributed by atoms with Crippen molar-refractivity contribution in [3.05, 3.63) is 29.8 Å². The van der Waals surface area contributed by atoms with Crippen LogP contribution in [-0.2, 0) is 9.53 Å². The van der Waals surface area contributed by atoms with Crippen LogP contribution < -0.4 is 10.1 Å². The SMILES string of the molecule is CNCCOc1ccc(C(=O)N2CCCCOC[C@@H](O)[C@H](O)[C@@H](O)CN(C(=O)CC(C)C)CC2)cc1. The highest BCUT2D eigenvalue weighted by Gasteiger charge is 2.29. The number of likely N-dealkylation sites (N-methyl/N-ethyl adjacent to an activating group) is 1. The molecule has 1 aliphatic rings. The molecule has 0 saturated carbocycles. The minimum absolute atomic E-state index is 0.109. The van der Waals surface area contributed by atoms with Crippen molar-refractivity contribution in [2.24, 2.45) is 5.92 Å². The highest BCUT2D eigenvalue weighted by molar-refractivity contribution is 5.94. The second-order valence-corrected chi connectivity index (χ2v) is 9.61. The number of ether oxygens (including phenoxy) is 2. The van der Waals surface area contributed by atoms with Gasteiger partial charge in [0.15, 0.2) is 0 Å². The molecule has 0 spiro atoms. The average molecular weight is 510 g/mol. The van der Waals surface area contributed by atoms with Crippen LogP contribution in [0.3, 0.4) is 0 Å². The summed E-state index contributed by atoms with van der Waals surface area (Å²) >= 11 is 0. The number of β-amino-alcohol motifs (C(OH)–C–C–N with tert-alkyl or cyclic N) is 1. The number of hydrogen-bond acceptors (Lipinski definition) is 8. The summed E-state index contributed by atoms with van der Waals surface area (Å²) in [4.78, 5) is 29.4. The second kappa shape index (κ2) is 15.8. The molecule has 1 fully saturated rings. The highest BCUT2D eigenvalue weighted by atomic mass is 16.5. The zero-order valence-electron chi connectivity index (χ0n) is 21.8. The maximum absolute atomic E-state index is 13.3. The lowest BCUT2D eigenvalue weighted by Gasteiger charge is -2.32. The van der Waals surface area contributed by atoms with Crippen molar-refractivity contribution >= 4 is 11.8 Å². The summed E-state index contributed by atoms with van der Waals surface area (Å²) in [7, 11) is 1.85. The van der Waals surface area contributed by atoms with Crippen LogP contribution in [0.25, 0.3) is 0 Å². The van der Waals surface area contributed by atoms with E-state index in [4.69, 9.17) is 9.47 Å². The molecular formula is C26H43N3O7. The second-order valence-electron chi connectivity index (χ2n) is 9.61.